The quantitative estimate of drug-likeness (QED) is 0.604. The third kappa shape index (κ3) is 4.84. The summed E-state index contributed by atoms with van der Waals surface area (Å²) < 4.78 is 1.01. The summed E-state index contributed by atoms with van der Waals surface area (Å²) in [5.74, 6) is -0.523. The molecule has 0 fully saturated rings. The highest BCUT2D eigenvalue weighted by molar-refractivity contribution is 14.1. The Morgan fingerprint density at radius 2 is 1.77 bits per heavy atom. The first kappa shape index (κ1) is 16.5. The van der Waals surface area contributed by atoms with Crippen molar-refractivity contribution in [3.8, 4) is 0 Å². The minimum atomic E-state index is -0.314. The normalized spacial score (nSPS) is 10.1. The molecule has 4 nitrogen and oxygen atoms in total. The Morgan fingerprint density at radius 3 is 2.45 bits per heavy atom. The van der Waals surface area contributed by atoms with E-state index in [9.17, 15) is 9.59 Å². The molecule has 0 aliphatic carbocycles. The van der Waals surface area contributed by atoms with Gasteiger partial charge in [-0.1, -0.05) is 36.4 Å². The van der Waals surface area contributed by atoms with Crippen LogP contribution in [0.15, 0.2) is 48.5 Å². The van der Waals surface area contributed by atoms with Gasteiger partial charge in [0, 0.05) is 15.6 Å². The van der Waals surface area contributed by atoms with Gasteiger partial charge in [-0.2, -0.15) is 0 Å². The Hall–Kier alpha value is -1.89. The molecule has 0 aliphatic heterocycles. The van der Waals surface area contributed by atoms with Crippen LogP contribution in [0.2, 0.25) is 0 Å². The van der Waals surface area contributed by atoms with Crippen LogP contribution in [0.3, 0.4) is 0 Å². The summed E-state index contributed by atoms with van der Waals surface area (Å²) >= 11 is 2.18. The van der Waals surface area contributed by atoms with E-state index < -0.39 is 0 Å². The summed E-state index contributed by atoms with van der Waals surface area (Å²) in [6.07, 6.45) is 0.973. The van der Waals surface area contributed by atoms with Crippen LogP contribution in [0.5, 0.6) is 0 Å². The fourth-order valence-electron chi connectivity index (χ4n) is 1.90. The number of rotatable bonds is 4. The van der Waals surface area contributed by atoms with Gasteiger partial charge in [-0.15, -0.1) is 0 Å². The molecular weight excluding hydrogens is 391 g/mol. The van der Waals surface area contributed by atoms with E-state index in [1.165, 1.54) is 0 Å². The fourth-order valence-corrected chi connectivity index (χ4v) is 2.41. The molecule has 0 aliphatic rings. The van der Waals surface area contributed by atoms with Crippen molar-refractivity contribution in [3.63, 3.8) is 0 Å². The van der Waals surface area contributed by atoms with Crippen molar-refractivity contribution in [1.29, 1.82) is 0 Å². The molecule has 0 radical (unpaired) electrons. The smallest absolute Gasteiger partial charge is 0.269 e. The monoisotopic (exact) mass is 408 g/mol. The average molecular weight is 408 g/mol. The minimum absolute atomic E-state index is 0.209. The molecule has 0 aromatic heterocycles. The molecule has 0 atom stereocenters. The Morgan fingerprint density at radius 1 is 1.05 bits per heavy atom. The lowest BCUT2D eigenvalue weighted by atomic mass is 10.1. The summed E-state index contributed by atoms with van der Waals surface area (Å²) in [5, 5.41) is 0. The van der Waals surface area contributed by atoms with E-state index in [2.05, 4.69) is 33.4 Å². The zero-order chi connectivity index (χ0) is 15.9. The first-order valence-electron chi connectivity index (χ1n) is 6.95. The first-order chi connectivity index (χ1) is 10.6. The van der Waals surface area contributed by atoms with Gasteiger partial charge in [0.2, 0.25) is 5.91 Å². The van der Waals surface area contributed by atoms with Crippen LogP contribution < -0.4 is 10.9 Å². The average Bonchev–Trinajstić information content (AvgIpc) is 2.54. The van der Waals surface area contributed by atoms with Crippen molar-refractivity contribution in [1.82, 2.24) is 10.9 Å². The maximum Gasteiger partial charge on any atom is 0.269 e. The Labute approximate surface area is 143 Å². The molecule has 5 heteroatoms. The summed E-state index contributed by atoms with van der Waals surface area (Å²) in [6.45, 7) is 1.98. The van der Waals surface area contributed by atoms with Crippen molar-refractivity contribution in [2.24, 2.45) is 0 Å². The number of halogens is 1. The van der Waals surface area contributed by atoms with Crippen molar-refractivity contribution in [2.45, 2.75) is 19.8 Å². The van der Waals surface area contributed by atoms with Gasteiger partial charge in [-0.05, 0) is 59.2 Å². The molecule has 22 heavy (non-hydrogen) atoms. The summed E-state index contributed by atoms with van der Waals surface area (Å²) in [6, 6.07) is 15.2. The van der Waals surface area contributed by atoms with Gasteiger partial charge in [-0.25, -0.2) is 0 Å². The third-order valence-corrected chi connectivity index (χ3v) is 4.40. The van der Waals surface area contributed by atoms with E-state index in [0.29, 0.717) is 18.4 Å². The van der Waals surface area contributed by atoms with Gasteiger partial charge in [0.05, 0.1) is 0 Å². The van der Waals surface area contributed by atoms with Crippen molar-refractivity contribution >= 4 is 34.4 Å². The largest absolute Gasteiger partial charge is 0.273 e. The van der Waals surface area contributed by atoms with Gasteiger partial charge in [0.25, 0.3) is 5.91 Å². The number of carbonyl (C=O) groups is 2. The van der Waals surface area contributed by atoms with E-state index in [0.717, 1.165) is 14.7 Å². The molecule has 0 heterocycles. The maximum absolute atomic E-state index is 12.0. The number of hydrazine groups is 1. The molecule has 2 N–H and O–H groups in total. The lowest BCUT2D eigenvalue weighted by molar-refractivity contribution is -0.121. The van der Waals surface area contributed by atoms with Crippen LogP contribution in [-0.4, -0.2) is 11.8 Å². The highest BCUT2D eigenvalue weighted by atomic mass is 127. The highest BCUT2D eigenvalue weighted by Crippen LogP contribution is 2.13. The predicted molar refractivity (Wildman–Crippen MR) is 94.3 cm³/mol. The number of hydrogen-bond acceptors (Lipinski definition) is 2. The van der Waals surface area contributed by atoms with Crippen LogP contribution >= 0.6 is 22.6 Å². The van der Waals surface area contributed by atoms with Crippen LogP contribution in [0.1, 0.15) is 27.9 Å². The predicted octanol–water partition coefficient (Wildman–Crippen LogP) is 2.99. The molecule has 2 rings (SSSR count). The molecular formula is C17H17IN2O2. The SMILES string of the molecule is Cc1ccc(C(=O)NNC(=O)CCc2ccccc2)cc1I. The number of nitrogens with one attached hydrogen (secondary N) is 2. The molecule has 2 aromatic rings. The van der Waals surface area contributed by atoms with Gasteiger partial charge < -0.3 is 0 Å². The van der Waals surface area contributed by atoms with Gasteiger partial charge in [0.15, 0.2) is 0 Å². The number of benzene rings is 2. The second kappa shape index (κ2) is 7.93. The lowest BCUT2D eigenvalue weighted by Crippen LogP contribution is -2.41. The molecule has 0 saturated heterocycles. The van der Waals surface area contributed by atoms with Crippen molar-refractivity contribution in [3.05, 3.63) is 68.8 Å². The molecule has 0 unspecified atom stereocenters. The second-order valence-electron chi connectivity index (χ2n) is 4.95. The number of amides is 2. The molecule has 0 bridgehead atoms. The van der Waals surface area contributed by atoms with Gasteiger partial charge in [-0.3, -0.25) is 20.4 Å². The van der Waals surface area contributed by atoms with Crippen LogP contribution in [0.25, 0.3) is 0 Å². The van der Waals surface area contributed by atoms with E-state index in [4.69, 9.17) is 0 Å². The number of carbonyl (C=O) groups excluding carboxylic acids is 2. The van der Waals surface area contributed by atoms with Crippen LogP contribution in [-0.2, 0) is 11.2 Å². The Bertz CT molecular complexity index is 672. The molecule has 2 amide bonds. The maximum atomic E-state index is 12.0. The zero-order valence-electron chi connectivity index (χ0n) is 12.2. The summed E-state index contributed by atoms with van der Waals surface area (Å²) in [4.78, 5) is 23.7. The zero-order valence-corrected chi connectivity index (χ0v) is 14.4. The number of hydrogen-bond donors (Lipinski definition) is 2. The molecule has 114 valence electrons. The van der Waals surface area contributed by atoms with E-state index >= 15 is 0 Å². The highest BCUT2D eigenvalue weighted by Gasteiger charge is 2.08. The Kier molecular flexibility index (Phi) is 5.94. The number of aryl methyl sites for hydroxylation is 2. The molecule has 0 spiro atoms. The van der Waals surface area contributed by atoms with E-state index in [1.54, 1.807) is 12.1 Å². The lowest BCUT2D eigenvalue weighted by Gasteiger charge is -2.08. The van der Waals surface area contributed by atoms with Crippen LogP contribution in [0, 0.1) is 10.5 Å². The summed E-state index contributed by atoms with van der Waals surface area (Å²) in [7, 11) is 0. The first-order valence-corrected chi connectivity index (χ1v) is 8.03. The van der Waals surface area contributed by atoms with Crippen molar-refractivity contribution < 1.29 is 9.59 Å². The van der Waals surface area contributed by atoms with E-state index in [-0.39, 0.29) is 11.8 Å². The molecule has 0 saturated carbocycles. The standard InChI is InChI=1S/C17H17IN2O2/c1-12-7-9-14(11-15(12)18)17(22)20-19-16(21)10-8-13-5-3-2-4-6-13/h2-7,9,11H,8,10H2,1H3,(H,19,21)(H,20,22). The third-order valence-electron chi connectivity index (χ3n) is 3.23. The van der Waals surface area contributed by atoms with E-state index in [1.807, 2.05) is 43.3 Å². The fraction of sp³-hybridized carbons (Fsp3) is 0.176. The molecule has 2 aromatic carbocycles. The topological polar surface area (TPSA) is 58.2 Å². The second-order valence-corrected chi connectivity index (χ2v) is 6.11. The minimum Gasteiger partial charge on any atom is -0.273 e. The summed E-state index contributed by atoms with van der Waals surface area (Å²) in [5.41, 5.74) is 7.62. The van der Waals surface area contributed by atoms with Gasteiger partial charge >= 0.3 is 0 Å². The Balaban J connectivity index is 1.80. The van der Waals surface area contributed by atoms with Crippen molar-refractivity contribution in [2.75, 3.05) is 0 Å². The van der Waals surface area contributed by atoms with Crippen LogP contribution in [0.4, 0.5) is 0 Å². The van der Waals surface area contributed by atoms with Gasteiger partial charge in [0.1, 0.15) is 0 Å².